The lowest BCUT2D eigenvalue weighted by Gasteiger charge is -2.21. The third-order valence-corrected chi connectivity index (χ3v) is 3.94. The van der Waals surface area contributed by atoms with Crippen LogP contribution in [0, 0.1) is 6.92 Å². The van der Waals surface area contributed by atoms with Gasteiger partial charge >= 0.3 is 0 Å². The molecule has 21 heavy (non-hydrogen) atoms. The summed E-state index contributed by atoms with van der Waals surface area (Å²) in [6.07, 6.45) is 0. The van der Waals surface area contributed by atoms with Crippen LogP contribution in [0.2, 0.25) is 0 Å². The number of benzene rings is 1. The fraction of sp³-hybridized carbons (Fsp3) is 0.444. The number of aryl methyl sites for hydroxylation is 1. The molecule has 2 aromatic rings. The first-order valence-electron chi connectivity index (χ1n) is 7.65. The molecule has 0 N–H and O–H groups in total. The molecule has 0 atom stereocenters. The van der Waals surface area contributed by atoms with Gasteiger partial charge in [0.2, 0.25) is 0 Å². The van der Waals surface area contributed by atoms with E-state index in [1.54, 1.807) is 0 Å². The first kappa shape index (κ1) is 15.6. The van der Waals surface area contributed by atoms with Crippen molar-refractivity contribution in [3.8, 4) is 11.3 Å². The van der Waals surface area contributed by atoms with Crippen LogP contribution in [0.4, 0.5) is 5.69 Å². The molecule has 114 valence electrons. The molecule has 0 aliphatic rings. The van der Waals surface area contributed by atoms with Gasteiger partial charge in [0, 0.05) is 31.8 Å². The minimum atomic E-state index is 0.933. The molecule has 0 radical (unpaired) electrons. The van der Waals surface area contributed by atoms with Crippen LogP contribution in [0.5, 0.6) is 0 Å². The monoisotopic (exact) mass is 286 g/mol. The highest BCUT2D eigenvalue weighted by molar-refractivity contribution is 5.77. The van der Waals surface area contributed by atoms with Crippen LogP contribution in [0.3, 0.4) is 0 Å². The molecule has 1 aromatic carbocycles. The molecule has 0 aliphatic heterocycles. The van der Waals surface area contributed by atoms with Crippen molar-refractivity contribution >= 4 is 5.69 Å². The van der Waals surface area contributed by atoms with E-state index >= 15 is 0 Å². The molecule has 0 bridgehead atoms. The van der Waals surface area contributed by atoms with Gasteiger partial charge in [-0.2, -0.15) is 0 Å². The molecule has 1 heterocycles. The maximum Gasteiger partial charge on any atom is 0.157 e. The van der Waals surface area contributed by atoms with Crippen LogP contribution in [0.1, 0.15) is 25.2 Å². The predicted molar refractivity (Wildman–Crippen MR) is 89.8 cm³/mol. The molecule has 0 saturated carbocycles. The van der Waals surface area contributed by atoms with Gasteiger partial charge in [-0.3, -0.25) is 4.90 Å². The van der Waals surface area contributed by atoms with E-state index in [9.17, 15) is 0 Å². The van der Waals surface area contributed by atoms with E-state index in [-0.39, 0.29) is 0 Å². The molecule has 0 amide bonds. The third-order valence-electron chi connectivity index (χ3n) is 3.94. The van der Waals surface area contributed by atoms with Crippen molar-refractivity contribution in [2.24, 2.45) is 0 Å². The predicted octanol–water partition coefficient (Wildman–Crippen LogP) is 4.16. The molecular weight excluding hydrogens is 260 g/mol. The SMILES string of the molecule is CCN(CC)Cc1c(C)oc(-c2ccccc2)c1N(C)C. The normalized spacial score (nSPS) is 11.1. The van der Waals surface area contributed by atoms with Crippen LogP contribution in [0.15, 0.2) is 34.7 Å². The first-order valence-corrected chi connectivity index (χ1v) is 7.65. The summed E-state index contributed by atoms with van der Waals surface area (Å²) in [7, 11) is 4.17. The largest absolute Gasteiger partial charge is 0.459 e. The Bertz CT molecular complexity index is 568. The summed E-state index contributed by atoms with van der Waals surface area (Å²) < 4.78 is 6.11. The van der Waals surface area contributed by atoms with E-state index in [1.807, 2.05) is 6.07 Å². The average molecular weight is 286 g/mol. The number of nitrogens with zero attached hydrogens (tertiary/aromatic N) is 2. The van der Waals surface area contributed by atoms with E-state index in [0.717, 1.165) is 36.7 Å². The maximum atomic E-state index is 6.11. The van der Waals surface area contributed by atoms with E-state index in [0.29, 0.717) is 0 Å². The summed E-state index contributed by atoms with van der Waals surface area (Å²) in [6, 6.07) is 10.3. The maximum absolute atomic E-state index is 6.11. The van der Waals surface area contributed by atoms with Gasteiger partial charge in [-0.25, -0.2) is 0 Å². The Balaban J connectivity index is 2.49. The second-order valence-corrected chi connectivity index (χ2v) is 5.54. The summed E-state index contributed by atoms with van der Waals surface area (Å²) >= 11 is 0. The van der Waals surface area contributed by atoms with Crippen molar-refractivity contribution in [3.05, 3.63) is 41.7 Å². The van der Waals surface area contributed by atoms with Gasteiger partial charge in [0.15, 0.2) is 5.76 Å². The highest BCUT2D eigenvalue weighted by Gasteiger charge is 2.21. The Morgan fingerprint density at radius 2 is 1.62 bits per heavy atom. The number of anilines is 1. The molecular formula is C18H26N2O. The topological polar surface area (TPSA) is 19.6 Å². The molecule has 3 nitrogen and oxygen atoms in total. The number of hydrogen-bond donors (Lipinski definition) is 0. The van der Waals surface area contributed by atoms with Gasteiger partial charge in [0.1, 0.15) is 5.76 Å². The second-order valence-electron chi connectivity index (χ2n) is 5.54. The highest BCUT2D eigenvalue weighted by atomic mass is 16.3. The summed E-state index contributed by atoms with van der Waals surface area (Å²) in [5, 5.41) is 0. The lowest BCUT2D eigenvalue weighted by atomic mass is 10.1. The minimum absolute atomic E-state index is 0.933. The molecule has 0 aliphatic carbocycles. The Hall–Kier alpha value is -1.74. The van der Waals surface area contributed by atoms with Crippen LogP contribution in [0.25, 0.3) is 11.3 Å². The van der Waals surface area contributed by atoms with Gasteiger partial charge in [-0.15, -0.1) is 0 Å². The lowest BCUT2D eigenvalue weighted by Crippen LogP contribution is -2.23. The molecule has 0 saturated heterocycles. The lowest BCUT2D eigenvalue weighted by molar-refractivity contribution is 0.294. The van der Waals surface area contributed by atoms with Crippen LogP contribution < -0.4 is 4.90 Å². The fourth-order valence-electron chi connectivity index (χ4n) is 2.68. The Morgan fingerprint density at radius 1 is 1.00 bits per heavy atom. The summed E-state index contributed by atoms with van der Waals surface area (Å²) in [5.41, 5.74) is 3.63. The van der Waals surface area contributed by atoms with E-state index in [1.165, 1.54) is 11.3 Å². The zero-order valence-corrected chi connectivity index (χ0v) is 13.8. The van der Waals surface area contributed by atoms with Crippen molar-refractivity contribution in [2.75, 3.05) is 32.1 Å². The Morgan fingerprint density at radius 3 is 2.14 bits per heavy atom. The number of hydrogen-bond acceptors (Lipinski definition) is 3. The van der Waals surface area contributed by atoms with Crippen LogP contribution >= 0.6 is 0 Å². The molecule has 1 aromatic heterocycles. The Labute approximate surface area is 128 Å². The zero-order chi connectivity index (χ0) is 15.4. The number of rotatable bonds is 6. The van der Waals surface area contributed by atoms with Crippen molar-refractivity contribution < 1.29 is 4.42 Å². The molecule has 0 fully saturated rings. The van der Waals surface area contributed by atoms with Gasteiger partial charge in [-0.1, -0.05) is 44.2 Å². The summed E-state index contributed by atoms with van der Waals surface area (Å²) in [6.45, 7) is 9.50. The van der Waals surface area contributed by atoms with Crippen molar-refractivity contribution in [1.82, 2.24) is 4.90 Å². The Kier molecular flexibility index (Phi) is 5.07. The third kappa shape index (κ3) is 3.30. The van der Waals surface area contributed by atoms with E-state index in [4.69, 9.17) is 4.42 Å². The fourth-order valence-corrected chi connectivity index (χ4v) is 2.68. The van der Waals surface area contributed by atoms with Crippen molar-refractivity contribution in [2.45, 2.75) is 27.3 Å². The molecule has 0 spiro atoms. The van der Waals surface area contributed by atoms with E-state index < -0.39 is 0 Å². The highest BCUT2D eigenvalue weighted by Crippen LogP contribution is 2.38. The smallest absolute Gasteiger partial charge is 0.157 e. The quantitative estimate of drug-likeness (QED) is 0.795. The van der Waals surface area contributed by atoms with Crippen molar-refractivity contribution in [1.29, 1.82) is 0 Å². The van der Waals surface area contributed by atoms with E-state index in [2.05, 4.69) is 68.9 Å². The van der Waals surface area contributed by atoms with Crippen LogP contribution in [-0.2, 0) is 6.54 Å². The molecule has 3 heteroatoms. The van der Waals surface area contributed by atoms with Gasteiger partial charge in [0.25, 0.3) is 0 Å². The van der Waals surface area contributed by atoms with Gasteiger partial charge < -0.3 is 9.32 Å². The van der Waals surface area contributed by atoms with Crippen LogP contribution in [-0.4, -0.2) is 32.1 Å². The minimum Gasteiger partial charge on any atom is -0.459 e. The number of furan rings is 1. The zero-order valence-electron chi connectivity index (χ0n) is 13.8. The summed E-state index contributed by atoms with van der Waals surface area (Å²) in [5.74, 6) is 1.99. The molecule has 0 unspecified atom stereocenters. The average Bonchev–Trinajstić information content (AvgIpc) is 2.82. The van der Waals surface area contributed by atoms with Gasteiger partial charge in [0.05, 0.1) is 5.69 Å². The van der Waals surface area contributed by atoms with Gasteiger partial charge in [-0.05, 0) is 20.0 Å². The van der Waals surface area contributed by atoms with Crippen molar-refractivity contribution in [3.63, 3.8) is 0 Å². The second kappa shape index (κ2) is 6.81. The molecule has 2 rings (SSSR count). The first-order chi connectivity index (χ1) is 10.1. The standard InChI is InChI=1S/C18H26N2O/c1-6-20(7-2)13-16-14(3)21-18(17(16)19(4)5)15-11-9-8-10-12-15/h8-12H,6-7,13H2,1-5H3. The summed E-state index contributed by atoms with van der Waals surface area (Å²) in [4.78, 5) is 4.58.